The van der Waals surface area contributed by atoms with Crippen molar-refractivity contribution in [1.29, 1.82) is 0 Å². The van der Waals surface area contributed by atoms with Crippen LogP contribution in [0.2, 0.25) is 0 Å². The van der Waals surface area contributed by atoms with E-state index >= 15 is 0 Å². The van der Waals surface area contributed by atoms with E-state index in [4.69, 9.17) is 9.47 Å². The first-order valence-corrected chi connectivity index (χ1v) is 9.39. The van der Waals surface area contributed by atoms with Crippen LogP contribution in [0.15, 0.2) is 48.5 Å². The second kappa shape index (κ2) is 8.44. The van der Waals surface area contributed by atoms with Gasteiger partial charge in [-0.25, -0.2) is 8.78 Å². The molecule has 4 nitrogen and oxygen atoms in total. The van der Waals surface area contributed by atoms with Crippen LogP contribution in [-0.2, 0) is 9.47 Å². The van der Waals surface area contributed by atoms with Crippen LogP contribution in [0.3, 0.4) is 0 Å². The molecule has 0 amide bonds. The first-order valence-electron chi connectivity index (χ1n) is 9.39. The standard InChI is InChI=1S/C21H24F2N2O2/c22-18-5-1-16(2-6-18)21(17-3-7-19(23)8-4-17)25-11-9-24(10-12-25)15-20-26-13-14-27-20/h1-8,20-21H,9-15H2. The van der Waals surface area contributed by atoms with Gasteiger partial charge in [0, 0.05) is 32.7 Å². The minimum absolute atomic E-state index is 0.0210. The lowest BCUT2D eigenvalue weighted by Crippen LogP contribution is -2.49. The molecule has 0 unspecified atom stereocenters. The molecule has 0 spiro atoms. The van der Waals surface area contributed by atoms with Crippen LogP contribution in [0, 0.1) is 11.6 Å². The first-order chi connectivity index (χ1) is 13.2. The summed E-state index contributed by atoms with van der Waals surface area (Å²) in [7, 11) is 0. The van der Waals surface area contributed by atoms with Gasteiger partial charge in [0.25, 0.3) is 0 Å². The number of hydrogen-bond acceptors (Lipinski definition) is 4. The number of piperazine rings is 1. The number of hydrogen-bond donors (Lipinski definition) is 0. The zero-order chi connectivity index (χ0) is 18.6. The summed E-state index contributed by atoms with van der Waals surface area (Å²) in [6, 6.07) is 13.2. The highest BCUT2D eigenvalue weighted by Gasteiger charge is 2.28. The molecule has 6 heteroatoms. The van der Waals surface area contributed by atoms with Gasteiger partial charge in [-0.1, -0.05) is 24.3 Å². The Hall–Kier alpha value is -1.86. The van der Waals surface area contributed by atoms with E-state index in [0.717, 1.165) is 43.9 Å². The summed E-state index contributed by atoms with van der Waals surface area (Å²) in [4.78, 5) is 4.71. The zero-order valence-electron chi connectivity index (χ0n) is 15.2. The third-order valence-electron chi connectivity index (χ3n) is 5.24. The van der Waals surface area contributed by atoms with Crippen LogP contribution in [-0.4, -0.2) is 62.0 Å². The molecule has 2 aromatic carbocycles. The molecule has 2 heterocycles. The van der Waals surface area contributed by atoms with E-state index in [1.54, 1.807) is 0 Å². The van der Waals surface area contributed by atoms with Crippen LogP contribution in [0.5, 0.6) is 0 Å². The van der Waals surface area contributed by atoms with Gasteiger partial charge in [-0.3, -0.25) is 9.80 Å². The van der Waals surface area contributed by atoms with E-state index in [9.17, 15) is 8.78 Å². The molecule has 2 aliphatic rings. The van der Waals surface area contributed by atoms with Crippen molar-refractivity contribution in [3.05, 3.63) is 71.3 Å². The fourth-order valence-corrected chi connectivity index (χ4v) is 3.83. The average Bonchev–Trinajstić information content (AvgIpc) is 3.19. The van der Waals surface area contributed by atoms with E-state index in [1.165, 1.54) is 24.3 Å². The summed E-state index contributed by atoms with van der Waals surface area (Å²) < 4.78 is 37.9. The fourth-order valence-electron chi connectivity index (χ4n) is 3.83. The second-order valence-electron chi connectivity index (χ2n) is 7.01. The summed E-state index contributed by atoms with van der Waals surface area (Å²) in [5.41, 5.74) is 2.03. The average molecular weight is 374 g/mol. The molecule has 0 saturated carbocycles. The van der Waals surface area contributed by atoms with Crippen molar-refractivity contribution >= 4 is 0 Å². The van der Waals surface area contributed by atoms with E-state index in [1.807, 2.05) is 24.3 Å². The van der Waals surface area contributed by atoms with Crippen molar-refractivity contribution in [2.24, 2.45) is 0 Å². The predicted molar refractivity (Wildman–Crippen MR) is 98.3 cm³/mol. The van der Waals surface area contributed by atoms with Gasteiger partial charge in [0.15, 0.2) is 6.29 Å². The third-order valence-corrected chi connectivity index (χ3v) is 5.24. The van der Waals surface area contributed by atoms with Gasteiger partial charge >= 0.3 is 0 Å². The van der Waals surface area contributed by atoms with Gasteiger partial charge in [0.2, 0.25) is 0 Å². The molecule has 2 saturated heterocycles. The van der Waals surface area contributed by atoms with E-state index in [-0.39, 0.29) is 24.0 Å². The summed E-state index contributed by atoms with van der Waals surface area (Å²) >= 11 is 0. The maximum atomic E-state index is 13.4. The number of nitrogens with zero attached hydrogens (tertiary/aromatic N) is 2. The number of rotatable bonds is 5. The topological polar surface area (TPSA) is 24.9 Å². The largest absolute Gasteiger partial charge is 0.349 e. The van der Waals surface area contributed by atoms with Crippen molar-refractivity contribution < 1.29 is 18.3 Å². The summed E-state index contributed by atoms with van der Waals surface area (Å²) in [5, 5.41) is 0. The number of benzene rings is 2. The lowest BCUT2D eigenvalue weighted by molar-refractivity contribution is -0.0685. The van der Waals surface area contributed by atoms with Crippen molar-refractivity contribution in [3.8, 4) is 0 Å². The Balaban J connectivity index is 1.49. The first kappa shape index (κ1) is 18.5. The highest BCUT2D eigenvalue weighted by atomic mass is 19.1. The normalized spacial score (nSPS) is 19.8. The van der Waals surface area contributed by atoms with Gasteiger partial charge in [-0.2, -0.15) is 0 Å². The maximum Gasteiger partial charge on any atom is 0.170 e. The van der Waals surface area contributed by atoms with Crippen molar-refractivity contribution in [1.82, 2.24) is 9.80 Å². The SMILES string of the molecule is Fc1ccc(C(c2ccc(F)cc2)N2CCN(CC3OCCO3)CC2)cc1. The van der Waals surface area contributed by atoms with Gasteiger partial charge in [-0.15, -0.1) is 0 Å². The molecule has 0 aliphatic carbocycles. The molecule has 0 radical (unpaired) electrons. The third kappa shape index (κ3) is 4.52. The van der Waals surface area contributed by atoms with Crippen molar-refractivity contribution in [2.75, 3.05) is 45.9 Å². The molecule has 27 heavy (non-hydrogen) atoms. The van der Waals surface area contributed by atoms with Crippen molar-refractivity contribution in [2.45, 2.75) is 12.3 Å². The van der Waals surface area contributed by atoms with E-state index < -0.39 is 0 Å². The Bertz CT molecular complexity index is 679. The minimum atomic E-state index is -0.252. The number of ether oxygens (including phenoxy) is 2. The Kier molecular flexibility index (Phi) is 5.78. The van der Waals surface area contributed by atoms with E-state index in [0.29, 0.717) is 13.2 Å². The Labute approximate surface area is 158 Å². The Morgan fingerprint density at radius 3 is 1.74 bits per heavy atom. The molecule has 4 rings (SSSR count). The molecule has 0 bridgehead atoms. The van der Waals surface area contributed by atoms with Crippen LogP contribution in [0.25, 0.3) is 0 Å². The monoisotopic (exact) mass is 374 g/mol. The minimum Gasteiger partial charge on any atom is -0.349 e. The smallest absolute Gasteiger partial charge is 0.170 e. The fraction of sp³-hybridized carbons (Fsp3) is 0.429. The lowest BCUT2D eigenvalue weighted by Gasteiger charge is -2.40. The quantitative estimate of drug-likeness (QED) is 0.803. The molecule has 2 fully saturated rings. The van der Waals surface area contributed by atoms with Crippen LogP contribution in [0.4, 0.5) is 8.78 Å². The molecule has 2 aromatic rings. The zero-order valence-corrected chi connectivity index (χ0v) is 15.2. The van der Waals surface area contributed by atoms with Crippen LogP contribution >= 0.6 is 0 Å². The van der Waals surface area contributed by atoms with Gasteiger partial charge in [0.1, 0.15) is 11.6 Å². The van der Waals surface area contributed by atoms with Crippen LogP contribution in [0.1, 0.15) is 17.2 Å². The Morgan fingerprint density at radius 2 is 1.26 bits per heavy atom. The summed E-state index contributed by atoms with van der Waals surface area (Å²) in [6.07, 6.45) is -0.124. The molecule has 0 aromatic heterocycles. The van der Waals surface area contributed by atoms with Crippen LogP contribution < -0.4 is 0 Å². The highest BCUT2D eigenvalue weighted by molar-refractivity contribution is 5.32. The molecule has 0 N–H and O–H groups in total. The molecular formula is C21H24F2N2O2. The highest BCUT2D eigenvalue weighted by Crippen LogP contribution is 2.30. The lowest BCUT2D eigenvalue weighted by atomic mass is 9.96. The number of halogens is 2. The van der Waals surface area contributed by atoms with Gasteiger partial charge in [-0.05, 0) is 35.4 Å². The predicted octanol–water partition coefficient (Wildman–Crippen LogP) is 3.04. The molecule has 144 valence electrons. The van der Waals surface area contributed by atoms with Gasteiger partial charge in [0.05, 0.1) is 19.3 Å². The van der Waals surface area contributed by atoms with Crippen molar-refractivity contribution in [3.63, 3.8) is 0 Å². The summed E-state index contributed by atoms with van der Waals surface area (Å²) in [5.74, 6) is -0.504. The molecular weight excluding hydrogens is 350 g/mol. The van der Waals surface area contributed by atoms with Gasteiger partial charge < -0.3 is 9.47 Å². The molecule has 2 aliphatic heterocycles. The second-order valence-corrected chi connectivity index (χ2v) is 7.01. The summed E-state index contributed by atoms with van der Waals surface area (Å²) in [6.45, 7) is 5.66. The molecule has 0 atom stereocenters. The Morgan fingerprint density at radius 1 is 0.778 bits per heavy atom. The van der Waals surface area contributed by atoms with E-state index in [2.05, 4.69) is 9.80 Å². The maximum absolute atomic E-state index is 13.4.